The highest BCUT2D eigenvalue weighted by molar-refractivity contribution is 6.07. The Morgan fingerprint density at radius 2 is 2.17 bits per heavy atom. The number of rotatable bonds is 4. The van der Waals surface area contributed by atoms with Crippen molar-refractivity contribution in [2.45, 2.75) is 0 Å². The summed E-state index contributed by atoms with van der Waals surface area (Å²) in [5.41, 5.74) is 0.265. The maximum atomic E-state index is 12.4. The van der Waals surface area contributed by atoms with Crippen LogP contribution in [-0.2, 0) is 0 Å². The minimum Gasteiger partial charge on any atom is -0.497 e. The van der Waals surface area contributed by atoms with Crippen LogP contribution in [0.2, 0.25) is 0 Å². The quantitative estimate of drug-likeness (QED) is 0.589. The number of benzene rings is 1. The van der Waals surface area contributed by atoms with E-state index < -0.39 is 10.8 Å². The molecule has 0 radical (unpaired) electrons. The first-order valence-electron chi connectivity index (χ1n) is 6.66. The Morgan fingerprint density at radius 1 is 1.35 bits per heavy atom. The van der Waals surface area contributed by atoms with Gasteiger partial charge in [0.15, 0.2) is 5.82 Å². The van der Waals surface area contributed by atoms with Gasteiger partial charge in [-0.3, -0.25) is 14.9 Å². The average Bonchev–Trinajstić information content (AvgIpc) is 2.96. The predicted molar refractivity (Wildman–Crippen MR) is 82.8 cm³/mol. The molecule has 0 atom stereocenters. The van der Waals surface area contributed by atoms with Gasteiger partial charge >= 0.3 is 0 Å². The lowest BCUT2D eigenvalue weighted by atomic mass is 10.1. The predicted octanol–water partition coefficient (Wildman–Crippen LogP) is 2.50. The molecule has 3 aromatic rings. The number of aromatic nitrogens is 2. The molecular formula is C15H12N4O4. The Balaban J connectivity index is 1.94. The largest absolute Gasteiger partial charge is 0.497 e. The lowest BCUT2D eigenvalue weighted by Crippen LogP contribution is -2.14. The lowest BCUT2D eigenvalue weighted by molar-refractivity contribution is -0.385. The Bertz CT molecular complexity index is 870. The molecule has 3 rings (SSSR count). The molecule has 8 heteroatoms. The fourth-order valence-electron chi connectivity index (χ4n) is 2.16. The zero-order valence-corrected chi connectivity index (χ0v) is 12.1. The lowest BCUT2D eigenvalue weighted by Gasteiger charge is -2.05. The molecule has 2 aromatic heterocycles. The average molecular weight is 312 g/mol. The van der Waals surface area contributed by atoms with Crippen LogP contribution in [0.15, 0.2) is 48.8 Å². The van der Waals surface area contributed by atoms with E-state index in [2.05, 4.69) is 10.3 Å². The standard InChI is InChI=1S/C15H12N4O4/c1-23-10-5-6-12(19(21)22)11(8-10)15(20)17-13-9-18-7-3-2-4-14(18)16-13/h2-9H,1H3,(H,17,20). The van der Waals surface area contributed by atoms with Gasteiger partial charge in [-0.05, 0) is 24.3 Å². The number of methoxy groups -OCH3 is 1. The number of ether oxygens (including phenoxy) is 1. The third-order valence-corrected chi connectivity index (χ3v) is 3.25. The van der Waals surface area contributed by atoms with Gasteiger partial charge in [-0.15, -0.1) is 0 Å². The molecule has 0 saturated heterocycles. The second kappa shape index (κ2) is 5.76. The number of hydrogen-bond donors (Lipinski definition) is 1. The summed E-state index contributed by atoms with van der Waals surface area (Å²) in [7, 11) is 1.42. The van der Waals surface area contributed by atoms with Crippen LogP contribution >= 0.6 is 0 Å². The number of imidazole rings is 1. The molecule has 23 heavy (non-hydrogen) atoms. The highest BCUT2D eigenvalue weighted by Crippen LogP contribution is 2.25. The van der Waals surface area contributed by atoms with Crippen LogP contribution < -0.4 is 10.1 Å². The first-order valence-corrected chi connectivity index (χ1v) is 6.66. The first-order chi connectivity index (χ1) is 11.1. The van der Waals surface area contributed by atoms with Crippen molar-refractivity contribution in [1.29, 1.82) is 0 Å². The molecule has 1 aromatic carbocycles. The van der Waals surface area contributed by atoms with Gasteiger partial charge < -0.3 is 14.5 Å². The summed E-state index contributed by atoms with van der Waals surface area (Å²) in [5.74, 6) is 0.0353. The van der Waals surface area contributed by atoms with Crippen molar-refractivity contribution in [1.82, 2.24) is 9.38 Å². The van der Waals surface area contributed by atoms with Gasteiger partial charge in [0, 0.05) is 12.3 Å². The number of nitro groups is 1. The molecule has 116 valence electrons. The summed E-state index contributed by atoms with van der Waals surface area (Å²) in [4.78, 5) is 27.1. The molecule has 2 heterocycles. The van der Waals surface area contributed by atoms with Crippen molar-refractivity contribution in [3.05, 3.63) is 64.5 Å². The minimum absolute atomic E-state index is 0.0913. The smallest absolute Gasteiger partial charge is 0.282 e. The second-order valence-corrected chi connectivity index (χ2v) is 4.69. The molecule has 0 aliphatic rings. The number of anilines is 1. The fourth-order valence-corrected chi connectivity index (χ4v) is 2.16. The van der Waals surface area contributed by atoms with Crippen LogP contribution in [0.5, 0.6) is 5.75 Å². The SMILES string of the molecule is COc1ccc([N+](=O)[O-])c(C(=O)Nc2cn3ccccc3n2)c1. The van der Waals surface area contributed by atoms with Crippen molar-refractivity contribution < 1.29 is 14.5 Å². The normalized spacial score (nSPS) is 10.5. The summed E-state index contributed by atoms with van der Waals surface area (Å²) < 4.78 is 6.75. The molecule has 0 spiro atoms. The van der Waals surface area contributed by atoms with Gasteiger partial charge in [0.25, 0.3) is 11.6 Å². The molecule has 1 amide bonds. The number of carbonyl (C=O) groups excluding carboxylic acids is 1. The molecule has 1 N–H and O–H groups in total. The van der Waals surface area contributed by atoms with Crippen molar-refractivity contribution in [3.63, 3.8) is 0 Å². The van der Waals surface area contributed by atoms with E-state index in [0.29, 0.717) is 17.2 Å². The van der Waals surface area contributed by atoms with Gasteiger partial charge in [0.05, 0.1) is 18.2 Å². The summed E-state index contributed by atoms with van der Waals surface area (Å²) in [6.45, 7) is 0. The second-order valence-electron chi connectivity index (χ2n) is 4.69. The van der Waals surface area contributed by atoms with Crippen LogP contribution in [0.4, 0.5) is 11.5 Å². The molecule has 0 fully saturated rings. The zero-order valence-electron chi connectivity index (χ0n) is 12.1. The molecule has 0 bridgehead atoms. The Morgan fingerprint density at radius 3 is 2.87 bits per heavy atom. The molecule has 8 nitrogen and oxygen atoms in total. The van der Waals surface area contributed by atoms with Crippen molar-refractivity contribution >= 4 is 23.1 Å². The van der Waals surface area contributed by atoms with Gasteiger partial charge in [-0.1, -0.05) is 6.07 Å². The maximum absolute atomic E-state index is 12.4. The van der Waals surface area contributed by atoms with E-state index >= 15 is 0 Å². The van der Waals surface area contributed by atoms with Crippen LogP contribution in [-0.4, -0.2) is 27.3 Å². The molecule has 0 unspecified atom stereocenters. The Kier molecular flexibility index (Phi) is 3.63. The van der Waals surface area contributed by atoms with Crippen molar-refractivity contribution in [2.24, 2.45) is 0 Å². The van der Waals surface area contributed by atoms with E-state index in [1.54, 1.807) is 22.9 Å². The van der Waals surface area contributed by atoms with E-state index in [4.69, 9.17) is 4.74 Å². The van der Waals surface area contributed by atoms with Crippen LogP contribution in [0, 0.1) is 10.1 Å². The highest BCUT2D eigenvalue weighted by atomic mass is 16.6. The monoisotopic (exact) mass is 312 g/mol. The number of hydrogen-bond acceptors (Lipinski definition) is 5. The molecular weight excluding hydrogens is 300 g/mol. The van der Waals surface area contributed by atoms with E-state index in [-0.39, 0.29) is 11.3 Å². The van der Waals surface area contributed by atoms with Crippen molar-refractivity contribution in [3.8, 4) is 5.75 Å². The number of carbonyl (C=O) groups is 1. The number of nitrogens with one attached hydrogen (secondary N) is 1. The van der Waals surface area contributed by atoms with Crippen LogP contribution in [0.25, 0.3) is 5.65 Å². The Labute approximate surface area is 130 Å². The molecule has 0 saturated carbocycles. The fraction of sp³-hybridized carbons (Fsp3) is 0.0667. The van der Waals surface area contributed by atoms with Crippen LogP contribution in [0.3, 0.4) is 0 Å². The van der Waals surface area contributed by atoms with Gasteiger partial charge in [-0.25, -0.2) is 4.98 Å². The summed E-state index contributed by atoms with van der Waals surface area (Å²) >= 11 is 0. The summed E-state index contributed by atoms with van der Waals surface area (Å²) in [5, 5.41) is 13.6. The number of pyridine rings is 1. The van der Waals surface area contributed by atoms with Gasteiger partial charge in [0.2, 0.25) is 0 Å². The molecule has 0 aliphatic carbocycles. The van der Waals surface area contributed by atoms with Gasteiger partial charge in [0.1, 0.15) is 17.0 Å². The summed E-state index contributed by atoms with van der Waals surface area (Å²) in [6.07, 6.45) is 3.41. The maximum Gasteiger partial charge on any atom is 0.282 e. The number of fused-ring (bicyclic) bond motifs is 1. The third kappa shape index (κ3) is 2.82. The van der Waals surface area contributed by atoms with Crippen LogP contribution in [0.1, 0.15) is 10.4 Å². The van der Waals surface area contributed by atoms with E-state index in [1.807, 2.05) is 12.1 Å². The molecule has 0 aliphatic heterocycles. The number of nitrogens with zero attached hydrogens (tertiary/aromatic N) is 3. The Hall–Kier alpha value is -3.42. The van der Waals surface area contributed by atoms with Crippen molar-refractivity contribution in [2.75, 3.05) is 12.4 Å². The van der Waals surface area contributed by atoms with E-state index in [0.717, 1.165) is 0 Å². The number of nitro benzene ring substituents is 1. The number of amides is 1. The first kappa shape index (κ1) is 14.5. The van der Waals surface area contributed by atoms with Gasteiger partial charge in [-0.2, -0.15) is 0 Å². The summed E-state index contributed by atoms with van der Waals surface area (Å²) in [6, 6.07) is 9.41. The van der Waals surface area contributed by atoms with E-state index in [1.165, 1.54) is 25.3 Å². The minimum atomic E-state index is -0.626. The van der Waals surface area contributed by atoms with E-state index in [9.17, 15) is 14.9 Å². The zero-order chi connectivity index (χ0) is 16.4. The highest BCUT2D eigenvalue weighted by Gasteiger charge is 2.21. The topological polar surface area (TPSA) is 98.8 Å². The third-order valence-electron chi connectivity index (χ3n) is 3.25.